The minimum Gasteiger partial charge on any atom is -0.481 e. The standard InChI is InChI=1S/C19H15F3N2O3/c1-11-18(27)24(8-7-17(25)26)16-10-13(5-6-15(16)23-11)12-3-2-4-14(9-12)19(20,21)22/h2-6,9-10H,7-8H2,1H3,(H,25,26). The van der Waals surface area contributed by atoms with Crippen molar-refractivity contribution in [3.63, 3.8) is 0 Å². The monoisotopic (exact) mass is 376 g/mol. The molecule has 0 saturated carbocycles. The van der Waals surface area contributed by atoms with Crippen LogP contribution in [0.15, 0.2) is 47.3 Å². The van der Waals surface area contributed by atoms with Crippen LogP contribution in [0.25, 0.3) is 22.2 Å². The number of aryl methyl sites for hydroxylation is 2. The summed E-state index contributed by atoms with van der Waals surface area (Å²) in [5, 5.41) is 8.91. The predicted molar refractivity (Wildman–Crippen MR) is 93.4 cm³/mol. The first-order valence-corrected chi connectivity index (χ1v) is 8.07. The predicted octanol–water partition coefficient (Wildman–Crippen LogP) is 3.87. The molecule has 0 saturated heterocycles. The van der Waals surface area contributed by atoms with Gasteiger partial charge in [0, 0.05) is 6.54 Å². The van der Waals surface area contributed by atoms with Gasteiger partial charge in [-0.3, -0.25) is 9.59 Å². The number of carboxylic acid groups (broad SMARTS) is 1. The Labute approximate surface area is 151 Å². The molecule has 27 heavy (non-hydrogen) atoms. The molecule has 1 heterocycles. The highest BCUT2D eigenvalue weighted by molar-refractivity contribution is 5.82. The average Bonchev–Trinajstić information content (AvgIpc) is 2.61. The van der Waals surface area contributed by atoms with E-state index < -0.39 is 23.3 Å². The fourth-order valence-corrected chi connectivity index (χ4v) is 2.85. The first-order chi connectivity index (χ1) is 12.7. The van der Waals surface area contributed by atoms with Crippen LogP contribution < -0.4 is 5.56 Å². The van der Waals surface area contributed by atoms with Gasteiger partial charge in [0.1, 0.15) is 5.69 Å². The molecule has 1 aromatic heterocycles. The van der Waals surface area contributed by atoms with Crippen molar-refractivity contribution in [1.29, 1.82) is 0 Å². The second kappa shape index (κ2) is 6.86. The third-order valence-corrected chi connectivity index (χ3v) is 4.18. The Bertz CT molecular complexity index is 1090. The van der Waals surface area contributed by atoms with Crippen LogP contribution in [0.4, 0.5) is 13.2 Å². The fraction of sp³-hybridized carbons (Fsp3) is 0.211. The van der Waals surface area contributed by atoms with Gasteiger partial charge in [-0.15, -0.1) is 0 Å². The Morgan fingerprint density at radius 3 is 2.52 bits per heavy atom. The number of alkyl halides is 3. The molecule has 0 aliphatic heterocycles. The van der Waals surface area contributed by atoms with Gasteiger partial charge >= 0.3 is 12.1 Å². The number of fused-ring (bicyclic) bond motifs is 1. The van der Waals surface area contributed by atoms with E-state index in [1.807, 2.05) is 0 Å². The molecule has 3 rings (SSSR count). The molecule has 1 N–H and O–H groups in total. The molecular weight excluding hydrogens is 361 g/mol. The van der Waals surface area contributed by atoms with Gasteiger partial charge in [-0.1, -0.05) is 18.2 Å². The van der Waals surface area contributed by atoms with Crippen molar-refractivity contribution in [3.05, 3.63) is 64.1 Å². The third kappa shape index (κ3) is 3.84. The molecule has 0 spiro atoms. The smallest absolute Gasteiger partial charge is 0.416 e. The lowest BCUT2D eigenvalue weighted by Gasteiger charge is -2.13. The molecule has 0 fully saturated rings. The first kappa shape index (κ1) is 18.6. The van der Waals surface area contributed by atoms with Gasteiger partial charge in [-0.2, -0.15) is 13.2 Å². The van der Waals surface area contributed by atoms with Gasteiger partial charge in [0.15, 0.2) is 0 Å². The second-order valence-corrected chi connectivity index (χ2v) is 6.08. The van der Waals surface area contributed by atoms with E-state index in [0.717, 1.165) is 12.1 Å². The lowest BCUT2D eigenvalue weighted by molar-refractivity contribution is -0.138. The molecule has 0 atom stereocenters. The van der Waals surface area contributed by atoms with Crippen LogP contribution in [0.5, 0.6) is 0 Å². The van der Waals surface area contributed by atoms with Gasteiger partial charge in [-0.05, 0) is 42.3 Å². The number of carbonyl (C=O) groups is 1. The molecule has 3 aromatic rings. The van der Waals surface area contributed by atoms with Crippen LogP contribution in [0.2, 0.25) is 0 Å². The number of halogens is 3. The highest BCUT2D eigenvalue weighted by Gasteiger charge is 2.30. The summed E-state index contributed by atoms with van der Waals surface area (Å²) in [6, 6.07) is 9.65. The third-order valence-electron chi connectivity index (χ3n) is 4.18. The van der Waals surface area contributed by atoms with Crippen molar-refractivity contribution in [1.82, 2.24) is 9.55 Å². The van der Waals surface area contributed by atoms with E-state index in [4.69, 9.17) is 5.11 Å². The van der Waals surface area contributed by atoms with Crippen molar-refractivity contribution in [2.45, 2.75) is 26.1 Å². The van der Waals surface area contributed by atoms with E-state index in [9.17, 15) is 22.8 Å². The quantitative estimate of drug-likeness (QED) is 0.750. The Hall–Kier alpha value is -3.16. The van der Waals surface area contributed by atoms with Crippen molar-refractivity contribution >= 4 is 17.0 Å². The largest absolute Gasteiger partial charge is 0.481 e. The van der Waals surface area contributed by atoms with Crippen molar-refractivity contribution in [3.8, 4) is 11.1 Å². The Morgan fingerprint density at radius 2 is 1.85 bits per heavy atom. The summed E-state index contributed by atoms with van der Waals surface area (Å²) in [7, 11) is 0. The number of hydrogen-bond donors (Lipinski definition) is 1. The van der Waals surface area contributed by atoms with Gasteiger partial charge in [0.2, 0.25) is 0 Å². The van der Waals surface area contributed by atoms with Crippen LogP contribution in [0.3, 0.4) is 0 Å². The molecular formula is C19H15F3N2O3. The zero-order valence-electron chi connectivity index (χ0n) is 14.2. The summed E-state index contributed by atoms with van der Waals surface area (Å²) in [6.45, 7) is 1.47. The van der Waals surface area contributed by atoms with Gasteiger partial charge < -0.3 is 9.67 Å². The molecule has 140 valence electrons. The van der Waals surface area contributed by atoms with Gasteiger partial charge in [0.25, 0.3) is 5.56 Å². The summed E-state index contributed by atoms with van der Waals surface area (Å²) in [5.41, 5.74) is 0.678. The topological polar surface area (TPSA) is 72.2 Å². The highest BCUT2D eigenvalue weighted by atomic mass is 19.4. The fourth-order valence-electron chi connectivity index (χ4n) is 2.85. The Kier molecular flexibility index (Phi) is 4.73. The van der Waals surface area contributed by atoms with E-state index in [2.05, 4.69) is 4.98 Å². The summed E-state index contributed by atoms with van der Waals surface area (Å²) >= 11 is 0. The molecule has 8 heteroatoms. The summed E-state index contributed by atoms with van der Waals surface area (Å²) in [6.07, 6.45) is -4.72. The maximum Gasteiger partial charge on any atom is 0.416 e. The minimum absolute atomic E-state index is 0.0555. The Morgan fingerprint density at radius 1 is 1.15 bits per heavy atom. The summed E-state index contributed by atoms with van der Waals surface area (Å²) < 4.78 is 40.2. The number of benzene rings is 2. The van der Waals surface area contributed by atoms with Crippen LogP contribution in [-0.2, 0) is 17.5 Å². The number of carboxylic acids is 1. The molecule has 0 unspecified atom stereocenters. The first-order valence-electron chi connectivity index (χ1n) is 8.07. The molecule has 0 radical (unpaired) electrons. The van der Waals surface area contributed by atoms with Crippen LogP contribution in [-0.4, -0.2) is 20.6 Å². The normalized spacial score (nSPS) is 11.7. The highest BCUT2D eigenvalue weighted by Crippen LogP contribution is 2.32. The molecule has 0 aliphatic carbocycles. The maximum atomic E-state index is 13.0. The van der Waals surface area contributed by atoms with Gasteiger partial charge in [-0.25, -0.2) is 4.98 Å². The Balaban J connectivity index is 2.17. The van der Waals surface area contributed by atoms with E-state index >= 15 is 0 Å². The zero-order chi connectivity index (χ0) is 19.8. The van der Waals surface area contributed by atoms with E-state index in [1.54, 1.807) is 18.2 Å². The summed E-state index contributed by atoms with van der Waals surface area (Å²) in [4.78, 5) is 27.5. The average molecular weight is 376 g/mol. The van der Waals surface area contributed by atoms with Crippen molar-refractivity contribution in [2.75, 3.05) is 0 Å². The minimum atomic E-state index is -4.46. The number of aromatic nitrogens is 2. The maximum absolute atomic E-state index is 13.0. The van der Waals surface area contributed by atoms with Crippen molar-refractivity contribution in [2.24, 2.45) is 0 Å². The van der Waals surface area contributed by atoms with Crippen LogP contribution in [0, 0.1) is 6.92 Å². The van der Waals surface area contributed by atoms with E-state index in [0.29, 0.717) is 22.2 Å². The molecule has 2 aromatic carbocycles. The molecule has 0 aliphatic rings. The van der Waals surface area contributed by atoms with Crippen LogP contribution >= 0.6 is 0 Å². The van der Waals surface area contributed by atoms with E-state index in [-0.39, 0.29) is 18.7 Å². The molecule has 0 bridgehead atoms. The lowest BCUT2D eigenvalue weighted by Crippen LogP contribution is -2.25. The number of aliphatic carboxylic acids is 1. The number of nitrogens with zero attached hydrogens (tertiary/aromatic N) is 2. The zero-order valence-corrected chi connectivity index (χ0v) is 14.2. The second-order valence-electron chi connectivity index (χ2n) is 6.08. The molecule has 5 nitrogen and oxygen atoms in total. The summed E-state index contributed by atoms with van der Waals surface area (Å²) in [5.74, 6) is -1.06. The number of hydrogen-bond acceptors (Lipinski definition) is 3. The van der Waals surface area contributed by atoms with E-state index in [1.165, 1.54) is 23.6 Å². The lowest BCUT2D eigenvalue weighted by atomic mass is 10.0. The van der Waals surface area contributed by atoms with Crippen LogP contribution in [0.1, 0.15) is 17.7 Å². The van der Waals surface area contributed by atoms with Gasteiger partial charge in [0.05, 0.1) is 23.0 Å². The molecule has 0 amide bonds. The SMILES string of the molecule is Cc1nc2ccc(-c3cccc(C(F)(F)F)c3)cc2n(CCC(=O)O)c1=O. The van der Waals surface area contributed by atoms with Crippen molar-refractivity contribution < 1.29 is 23.1 Å². The number of rotatable bonds is 4.